The number of ether oxygens (including phenoxy) is 2. The Kier molecular flexibility index (Phi) is 4.88. The maximum Gasteiger partial charge on any atom is 0.228 e. The molecule has 2 N–H and O–H groups in total. The Hall–Kier alpha value is -2.69. The summed E-state index contributed by atoms with van der Waals surface area (Å²) in [6, 6.07) is 10.0. The zero-order chi connectivity index (χ0) is 16.1. The second-order valence-electron chi connectivity index (χ2n) is 4.91. The number of phenolic OH excluding ortho intramolecular Hbond substituents is 1. The van der Waals surface area contributed by atoms with Gasteiger partial charge in [-0.3, -0.25) is 4.79 Å². The molecule has 0 radical (unpaired) electrons. The van der Waals surface area contributed by atoms with Crippen molar-refractivity contribution in [2.75, 3.05) is 19.5 Å². The molecule has 0 saturated heterocycles. The Balaban J connectivity index is 2.12. The van der Waals surface area contributed by atoms with Crippen LogP contribution in [-0.4, -0.2) is 25.2 Å². The summed E-state index contributed by atoms with van der Waals surface area (Å²) in [4.78, 5) is 12.1. The summed E-state index contributed by atoms with van der Waals surface area (Å²) in [5.74, 6) is 1.26. The highest BCUT2D eigenvalue weighted by Gasteiger charge is 2.12. The first-order valence-corrected chi connectivity index (χ1v) is 6.84. The van der Waals surface area contributed by atoms with E-state index in [2.05, 4.69) is 5.32 Å². The molecule has 2 rings (SSSR count). The van der Waals surface area contributed by atoms with Crippen molar-refractivity contribution < 1.29 is 19.4 Å². The van der Waals surface area contributed by atoms with Crippen LogP contribution in [-0.2, 0) is 11.2 Å². The van der Waals surface area contributed by atoms with E-state index in [-0.39, 0.29) is 18.1 Å². The van der Waals surface area contributed by atoms with Crippen LogP contribution < -0.4 is 14.8 Å². The van der Waals surface area contributed by atoms with Crippen LogP contribution >= 0.6 is 0 Å². The topological polar surface area (TPSA) is 67.8 Å². The molecule has 0 aliphatic rings. The van der Waals surface area contributed by atoms with E-state index in [1.54, 1.807) is 26.4 Å². The number of benzene rings is 2. The Labute approximate surface area is 129 Å². The van der Waals surface area contributed by atoms with Gasteiger partial charge in [0.05, 0.1) is 20.6 Å². The molecule has 0 aliphatic heterocycles. The van der Waals surface area contributed by atoms with Crippen LogP contribution in [0.3, 0.4) is 0 Å². The Morgan fingerprint density at radius 2 is 1.68 bits per heavy atom. The molecule has 1 amide bonds. The highest BCUT2D eigenvalue weighted by molar-refractivity contribution is 5.92. The van der Waals surface area contributed by atoms with E-state index >= 15 is 0 Å². The Morgan fingerprint density at radius 3 is 2.27 bits per heavy atom. The summed E-state index contributed by atoms with van der Waals surface area (Å²) in [5.41, 5.74) is 2.47. The van der Waals surface area contributed by atoms with Crippen molar-refractivity contribution >= 4 is 11.6 Å². The third-order valence-corrected chi connectivity index (χ3v) is 3.34. The molecule has 116 valence electrons. The van der Waals surface area contributed by atoms with E-state index in [1.165, 1.54) is 12.1 Å². The minimum atomic E-state index is -0.138. The molecule has 0 bridgehead atoms. The fourth-order valence-corrected chi connectivity index (χ4v) is 2.14. The second-order valence-corrected chi connectivity index (χ2v) is 4.91. The van der Waals surface area contributed by atoms with Gasteiger partial charge in [-0.1, -0.05) is 0 Å². The van der Waals surface area contributed by atoms with Crippen molar-refractivity contribution in [2.24, 2.45) is 0 Å². The smallest absolute Gasteiger partial charge is 0.228 e. The molecular weight excluding hydrogens is 282 g/mol. The molecule has 0 saturated carbocycles. The number of hydrogen-bond acceptors (Lipinski definition) is 4. The molecule has 2 aromatic carbocycles. The Morgan fingerprint density at radius 1 is 1.09 bits per heavy atom. The van der Waals surface area contributed by atoms with Crippen LogP contribution in [0.4, 0.5) is 5.69 Å². The van der Waals surface area contributed by atoms with Crippen LogP contribution in [0.15, 0.2) is 36.4 Å². The standard InChI is InChI=1S/C17H19NO4/c1-11-8-15(21-2)16(22-3)9-12(11)10-17(20)18-13-4-6-14(19)7-5-13/h4-9,19H,10H2,1-3H3,(H,18,20). The maximum absolute atomic E-state index is 12.1. The average molecular weight is 301 g/mol. The molecule has 22 heavy (non-hydrogen) atoms. The number of aromatic hydroxyl groups is 1. The number of rotatable bonds is 5. The van der Waals surface area contributed by atoms with Crippen LogP contribution in [0.5, 0.6) is 17.2 Å². The number of nitrogens with one attached hydrogen (secondary N) is 1. The predicted molar refractivity (Wildman–Crippen MR) is 84.7 cm³/mol. The van der Waals surface area contributed by atoms with Crippen molar-refractivity contribution in [1.29, 1.82) is 0 Å². The fraction of sp³-hybridized carbons (Fsp3) is 0.235. The quantitative estimate of drug-likeness (QED) is 0.833. The summed E-state index contributed by atoms with van der Waals surface area (Å²) >= 11 is 0. The first-order chi connectivity index (χ1) is 10.5. The number of anilines is 1. The van der Waals surface area contributed by atoms with Crippen LogP contribution in [0, 0.1) is 6.92 Å². The van der Waals surface area contributed by atoms with Gasteiger partial charge < -0.3 is 19.9 Å². The lowest BCUT2D eigenvalue weighted by Gasteiger charge is -2.13. The van der Waals surface area contributed by atoms with Gasteiger partial charge in [0, 0.05) is 5.69 Å². The minimum Gasteiger partial charge on any atom is -0.508 e. The molecule has 0 atom stereocenters. The number of aryl methyl sites for hydroxylation is 1. The Bertz CT molecular complexity index is 665. The molecule has 0 unspecified atom stereocenters. The van der Waals surface area contributed by atoms with Crippen molar-refractivity contribution in [1.82, 2.24) is 0 Å². The highest BCUT2D eigenvalue weighted by Crippen LogP contribution is 2.30. The lowest BCUT2D eigenvalue weighted by Crippen LogP contribution is -2.15. The number of methoxy groups -OCH3 is 2. The van der Waals surface area contributed by atoms with Gasteiger partial charge in [0.15, 0.2) is 11.5 Å². The summed E-state index contributed by atoms with van der Waals surface area (Å²) in [7, 11) is 3.14. The van der Waals surface area contributed by atoms with E-state index in [0.29, 0.717) is 17.2 Å². The third kappa shape index (κ3) is 3.69. The van der Waals surface area contributed by atoms with Crippen LogP contribution in [0.1, 0.15) is 11.1 Å². The van der Waals surface area contributed by atoms with Gasteiger partial charge in [0.1, 0.15) is 5.75 Å². The zero-order valence-corrected chi connectivity index (χ0v) is 12.8. The largest absolute Gasteiger partial charge is 0.508 e. The number of carbonyl (C=O) groups is 1. The van der Waals surface area contributed by atoms with Crippen LogP contribution in [0.2, 0.25) is 0 Å². The molecule has 5 nitrogen and oxygen atoms in total. The monoisotopic (exact) mass is 301 g/mol. The van der Waals surface area contributed by atoms with Crippen molar-refractivity contribution in [3.8, 4) is 17.2 Å². The van der Waals surface area contributed by atoms with E-state index in [1.807, 2.05) is 19.1 Å². The molecule has 0 aliphatic carbocycles. The number of carbonyl (C=O) groups excluding carboxylic acids is 1. The van der Waals surface area contributed by atoms with Gasteiger partial charge >= 0.3 is 0 Å². The van der Waals surface area contributed by atoms with Crippen molar-refractivity contribution in [3.63, 3.8) is 0 Å². The summed E-state index contributed by atoms with van der Waals surface area (Å²) in [6.45, 7) is 1.92. The van der Waals surface area contributed by atoms with E-state index in [0.717, 1.165) is 11.1 Å². The molecular formula is C17H19NO4. The van der Waals surface area contributed by atoms with Gasteiger partial charge in [-0.2, -0.15) is 0 Å². The fourth-order valence-electron chi connectivity index (χ4n) is 2.14. The van der Waals surface area contributed by atoms with E-state index in [9.17, 15) is 9.90 Å². The second kappa shape index (κ2) is 6.85. The lowest BCUT2D eigenvalue weighted by molar-refractivity contribution is -0.115. The van der Waals surface area contributed by atoms with Crippen LogP contribution in [0.25, 0.3) is 0 Å². The molecule has 0 fully saturated rings. The van der Waals surface area contributed by atoms with E-state index in [4.69, 9.17) is 9.47 Å². The average Bonchev–Trinajstić information content (AvgIpc) is 2.51. The lowest BCUT2D eigenvalue weighted by atomic mass is 10.0. The molecule has 0 heterocycles. The minimum absolute atomic E-state index is 0.138. The van der Waals surface area contributed by atoms with Gasteiger partial charge in [-0.15, -0.1) is 0 Å². The maximum atomic E-state index is 12.1. The normalized spacial score (nSPS) is 10.1. The molecule has 0 aromatic heterocycles. The molecule has 0 spiro atoms. The summed E-state index contributed by atoms with van der Waals surface area (Å²) in [6.07, 6.45) is 0.229. The molecule has 5 heteroatoms. The zero-order valence-electron chi connectivity index (χ0n) is 12.8. The van der Waals surface area contributed by atoms with Crippen molar-refractivity contribution in [3.05, 3.63) is 47.5 Å². The van der Waals surface area contributed by atoms with Gasteiger partial charge in [-0.05, 0) is 54.4 Å². The number of hydrogen-bond donors (Lipinski definition) is 2. The third-order valence-electron chi connectivity index (χ3n) is 3.34. The predicted octanol–water partition coefficient (Wildman–Crippen LogP) is 2.90. The van der Waals surface area contributed by atoms with Gasteiger partial charge in [-0.25, -0.2) is 0 Å². The molecule has 2 aromatic rings. The van der Waals surface area contributed by atoms with E-state index < -0.39 is 0 Å². The highest BCUT2D eigenvalue weighted by atomic mass is 16.5. The van der Waals surface area contributed by atoms with Crippen molar-refractivity contribution in [2.45, 2.75) is 13.3 Å². The summed E-state index contributed by atoms with van der Waals surface area (Å²) in [5, 5.41) is 12.0. The first kappa shape index (κ1) is 15.7. The van der Waals surface area contributed by atoms with Gasteiger partial charge in [0.25, 0.3) is 0 Å². The number of amides is 1. The number of phenols is 1. The van der Waals surface area contributed by atoms with Gasteiger partial charge in [0.2, 0.25) is 5.91 Å². The summed E-state index contributed by atoms with van der Waals surface area (Å²) < 4.78 is 10.5. The SMILES string of the molecule is COc1cc(C)c(CC(=O)Nc2ccc(O)cc2)cc1OC. The first-order valence-electron chi connectivity index (χ1n) is 6.84.